The van der Waals surface area contributed by atoms with Crippen LogP contribution in [-0.4, -0.2) is 50.0 Å². The third-order valence-electron chi connectivity index (χ3n) is 2.78. The molecule has 3 heteroatoms. The Morgan fingerprint density at radius 2 is 1.88 bits per heavy atom. The first-order valence-corrected chi connectivity index (χ1v) is 6.50. The van der Waals surface area contributed by atoms with E-state index in [2.05, 4.69) is 13.8 Å². The monoisotopic (exact) mass is 231 g/mol. The van der Waals surface area contributed by atoms with E-state index < -0.39 is 0 Å². The SMILES string of the molecule is CCCC[C@H](CC)COC[C@H](O)CN(C)C. The van der Waals surface area contributed by atoms with Crippen LogP contribution >= 0.6 is 0 Å². The van der Waals surface area contributed by atoms with Gasteiger partial charge < -0.3 is 14.7 Å². The molecule has 1 N–H and O–H groups in total. The van der Waals surface area contributed by atoms with Gasteiger partial charge in [0.15, 0.2) is 0 Å². The fourth-order valence-corrected chi connectivity index (χ4v) is 1.74. The molecule has 0 amide bonds. The summed E-state index contributed by atoms with van der Waals surface area (Å²) in [6, 6.07) is 0. The molecule has 0 radical (unpaired) electrons. The molecule has 0 bridgehead atoms. The molecular formula is C13H29NO2. The van der Waals surface area contributed by atoms with Crippen molar-refractivity contribution in [1.29, 1.82) is 0 Å². The molecule has 16 heavy (non-hydrogen) atoms. The lowest BCUT2D eigenvalue weighted by Crippen LogP contribution is -2.30. The topological polar surface area (TPSA) is 32.7 Å². The molecule has 0 spiro atoms. The van der Waals surface area contributed by atoms with Crippen molar-refractivity contribution in [1.82, 2.24) is 4.90 Å². The van der Waals surface area contributed by atoms with Crippen LogP contribution in [0.3, 0.4) is 0 Å². The zero-order valence-electron chi connectivity index (χ0n) is 11.4. The Labute approximate surface area is 101 Å². The lowest BCUT2D eigenvalue weighted by Gasteiger charge is -2.18. The minimum absolute atomic E-state index is 0.362. The van der Waals surface area contributed by atoms with Crippen LogP contribution in [0, 0.1) is 5.92 Å². The van der Waals surface area contributed by atoms with E-state index in [0.717, 1.165) is 6.61 Å². The summed E-state index contributed by atoms with van der Waals surface area (Å²) >= 11 is 0. The summed E-state index contributed by atoms with van der Waals surface area (Å²) in [7, 11) is 3.92. The van der Waals surface area contributed by atoms with Gasteiger partial charge in [0.1, 0.15) is 0 Å². The molecule has 0 aromatic heterocycles. The summed E-state index contributed by atoms with van der Waals surface area (Å²) in [5, 5.41) is 9.61. The third-order valence-corrected chi connectivity index (χ3v) is 2.78. The molecule has 0 aliphatic carbocycles. The maximum Gasteiger partial charge on any atom is 0.0899 e. The number of hydrogen-bond donors (Lipinski definition) is 1. The van der Waals surface area contributed by atoms with E-state index in [1.165, 1.54) is 25.7 Å². The Morgan fingerprint density at radius 3 is 2.38 bits per heavy atom. The van der Waals surface area contributed by atoms with Crippen molar-refractivity contribution in [2.45, 2.75) is 45.6 Å². The van der Waals surface area contributed by atoms with E-state index in [1.807, 2.05) is 19.0 Å². The van der Waals surface area contributed by atoms with Gasteiger partial charge in [-0.05, 0) is 26.4 Å². The molecule has 0 heterocycles. The zero-order chi connectivity index (χ0) is 12.4. The van der Waals surface area contributed by atoms with Gasteiger partial charge in [0.25, 0.3) is 0 Å². The number of unbranched alkanes of at least 4 members (excludes halogenated alkanes) is 1. The van der Waals surface area contributed by atoms with Gasteiger partial charge in [0, 0.05) is 13.2 Å². The second-order valence-electron chi connectivity index (χ2n) is 4.87. The molecule has 0 fully saturated rings. The summed E-state index contributed by atoms with van der Waals surface area (Å²) in [4.78, 5) is 1.97. The maximum absolute atomic E-state index is 9.61. The van der Waals surface area contributed by atoms with E-state index >= 15 is 0 Å². The molecule has 0 aliphatic heterocycles. The van der Waals surface area contributed by atoms with E-state index in [4.69, 9.17) is 4.74 Å². The highest BCUT2D eigenvalue weighted by molar-refractivity contribution is 4.60. The van der Waals surface area contributed by atoms with Crippen LogP contribution in [0.15, 0.2) is 0 Å². The summed E-state index contributed by atoms with van der Waals surface area (Å²) in [6.07, 6.45) is 4.58. The molecule has 0 saturated carbocycles. The molecule has 0 unspecified atom stereocenters. The van der Waals surface area contributed by atoms with Gasteiger partial charge in [0.2, 0.25) is 0 Å². The Bertz CT molecular complexity index is 151. The van der Waals surface area contributed by atoms with E-state index in [9.17, 15) is 5.11 Å². The van der Waals surface area contributed by atoms with Gasteiger partial charge in [-0.1, -0.05) is 33.1 Å². The van der Waals surface area contributed by atoms with Crippen molar-refractivity contribution in [3.63, 3.8) is 0 Å². The van der Waals surface area contributed by atoms with Crippen molar-refractivity contribution < 1.29 is 9.84 Å². The second-order valence-corrected chi connectivity index (χ2v) is 4.87. The van der Waals surface area contributed by atoms with Crippen molar-refractivity contribution in [3.05, 3.63) is 0 Å². The Hall–Kier alpha value is -0.120. The third kappa shape index (κ3) is 9.13. The minimum atomic E-state index is -0.362. The number of hydrogen-bond acceptors (Lipinski definition) is 3. The van der Waals surface area contributed by atoms with E-state index in [0.29, 0.717) is 19.1 Å². The number of aliphatic hydroxyl groups excluding tert-OH is 1. The average molecular weight is 231 g/mol. The first-order valence-electron chi connectivity index (χ1n) is 6.50. The van der Waals surface area contributed by atoms with Gasteiger partial charge in [-0.2, -0.15) is 0 Å². The van der Waals surface area contributed by atoms with E-state index in [1.54, 1.807) is 0 Å². The smallest absolute Gasteiger partial charge is 0.0899 e. The number of likely N-dealkylation sites (N-methyl/N-ethyl adjacent to an activating group) is 1. The molecule has 0 saturated heterocycles. The van der Waals surface area contributed by atoms with Gasteiger partial charge in [-0.3, -0.25) is 0 Å². The fourth-order valence-electron chi connectivity index (χ4n) is 1.74. The second kappa shape index (κ2) is 10.1. The lowest BCUT2D eigenvalue weighted by atomic mass is 10.0. The maximum atomic E-state index is 9.61. The quantitative estimate of drug-likeness (QED) is 0.625. The number of nitrogens with zero attached hydrogens (tertiary/aromatic N) is 1. The largest absolute Gasteiger partial charge is 0.389 e. The minimum Gasteiger partial charge on any atom is -0.389 e. The van der Waals surface area contributed by atoms with Crippen LogP contribution in [0.4, 0.5) is 0 Å². The van der Waals surface area contributed by atoms with Crippen molar-refractivity contribution >= 4 is 0 Å². The van der Waals surface area contributed by atoms with Crippen LogP contribution < -0.4 is 0 Å². The summed E-state index contributed by atoms with van der Waals surface area (Å²) < 4.78 is 5.57. The van der Waals surface area contributed by atoms with Gasteiger partial charge in [0.05, 0.1) is 12.7 Å². The zero-order valence-corrected chi connectivity index (χ0v) is 11.4. The van der Waals surface area contributed by atoms with Crippen LogP contribution in [-0.2, 0) is 4.74 Å². The predicted octanol–water partition coefficient (Wildman–Crippen LogP) is 2.14. The summed E-state index contributed by atoms with van der Waals surface area (Å²) in [5.74, 6) is 0.659. The highest BCUT2D eigenvalue weighted by Crippen LogP contribution is 2.12. The first kappa shape index (κ1) is 15.9. The Kier molecular flexibility index (Phi) is 9.99. The standard InChI is InChI=1S/C13H29NO2/c1-5-7-8-12(6-2)10-16-11-13(15)9-14(3)4/h12-13,15H,5-11H2,1-4H3/t12-,13+/m0/s1. The lowest BCUT2D eigenvalue weighted by molar-refractivity contribution is 0.00895. The molecule has 0 rings (SSSR count). The average Bonchev–Trinajstić information content (AvgIpc) is 2.22. The van der Waals surface area contributed by atoms with Crippen molar-refractivity contribution in [2.75, 3.05) is 33.9 Å². The molecular weight excluding hydrogens is 202 g/mol. The Balaban J connectivity index is 3.53. The van der Waals surface area contributed by atoms with Gasteiger partial charge in [-0.25, -0.2) is 0 Å². The highest BCUT2D eigenvalue weighted by Gasteiger charge is 2.09. The first-order chi connectivity index (χ1) is 7.60. The number of rotatable bonds is 10. The molecule has 0 aliphatic rings. The van der Waals surface area contributed by atoms with E-state index in [-0.39, 0.29) is 6.10 Å². The number of aliphatic hydroxyl groups is 1. The molecule has 98 valence electrons. The van der Waals surface area contributed by atoms with Crippen molar-refractivity contribution in [2.24, 2.45) is 5.92 Å². The molecule has 0 aromatic rings. The molecule has 2 atom stereocenters. The van der Waals surface area contributed by atoms with Crippen LogP contribution in [0.5, 0.6) is 0 Å². The highest BCUT2D eigenvalue weighted by atomic mass is 16.5. The van der Waals surface area contributed by atoms with Crippen LogP contribution in [0.25, 0.3) is 0 Å². The molecule has 3 nitrogen and oxygen atoms in total. The van der Waals surface area contributed by atoms with Gasteiger partial charge >= 0.3 is 0 Å². The summed E-state index contributed by atoms with van der Waals surface area (Å²) in [6.45, 7) is 6.35. The Morgan fingerprint density at radius 1 is 1.19 bits per heavy atom. The number of ether oxygens (including phenoxy) is 1. The van der Waals surface area contributed by atoms with Gasteiger partial charge in [-0.15, -0.1) is 0 Å². The van der Waals surface area contributed by atoms with Crippen LogP contribution in [0.2, 0.25) is 0 Å². The fraction of sp³-hybridized carbons (Fsp3) is 1.00. The normalized spacial score (nSPS) is 15.4. The van der Waals surface area contributed by atoms with Crippen LogP contribution in [0.1, 0.15) is 39.5 Å². The molecule has 0 aromatic carbocycles. The predicted molar refractivity (Wildman–Crippen MR) is 68.7 cm³/mol. The summed E-state index contributed by atoms with van der Waals surface area (Å²) in [5.41, 5.74) is 0. The van der Waals surface area contributed by atoms with Crippen molar-refractivity contribution in [3.8, 4) is 0 Å².